The van der Waals surface area contributed by atoms with Gasteiger partial charge in [0.05, 0.1) is 5.56 Å². The predicted molar refractivity (Wildman–Crippen MR) is 53.0 cm³/mol. The van der Waals surface area contributed by atoms with Crippen molar-refractivity contribution in [3.05, 3.63) is 34.9 Å². The van der Waals surface area contributed by atoms with Gasteiger partial charge in [-0.15, -0.1) is 0 Å². The zero-order valence-electron chi connectivity index (χ0n) is 8.46. The number of hydrogen-bond donors (Lipinski definition) is 2. The topological polar surface area (TPSA) is 63.3 Å². The minimum Gasteiger partial charge on any atom is -0.478 e. The van der Waals surface area contributed by atoms with E-state index in [1.54, 1.807) is 0 Å². The minimum absolute atomic E-state index is 0.191. The fraction of sp³-hybridized carbons (Fsp3) is 0.364. The lowest BCUT2D eigenvalue weighted by molar-refractivity contribution is 0.0695. The molecule has 0 bridgehead atoms. The summed E-state index contributed by atoms with van der Waals surface area (Å²) in [7, 11) is 0. The van der Waals surface area contributed by atoms with Gasteiger partial charge in [-0.25, -0.2) is 13.6 Å². The Balaban J connectivity index is 2.51. The first-order chi connectivity index (χ1) is 7.44. The summed E-state index contributed by atoms with van der Waals surface area (Å²) in [4.78, 5) is 10.6. The molecular formula is C11H11F2NO2. The molecule has 0 saturated heterocycles. The van der Waals surface area contributed by atoms with Gasteiger partial charge in [-0.2, -0.15) is 0 Å². The van der Waals surface area contributed by atoms with Gasteiger partial charge in [-0.05, 0) is 31.4 Å². The Labute approximate surface area is 90.9 Å². The molecule has 0 radical (unpaired) electrons. The lowest BCUT2D eigenvalue weighted by Gasteiger charge is -2.38. The number of carboxylic acid groups (broad SMARTS) is 1. The van der Waals surface area contributed by atoms with Crippen molar-refractivity contribution in [1.82, 2.24) is 0 Å². The van der Waals surface area contributed by atoms with Crippen LogP contribution in [0.2, 0.25) is 0 Å². The summed E-state index contributed by atoms with van der Waals surface area (Å²) in [6.07, 6.45) is 1.87. The standard InChI is InChI=1S/C11H11F2NO2/c12-7-4-6(10(15)16)5-8(13)9(7)11(14)2-1-3-11/h4-5H,1-3,14H2,(H,15,16). The second kappa shape index (κ2) is 3.52. The van der Waals surface area contributed by atoms with Gasteiger partial charge in [0.2, 0.25) is 0 Å². The van der Waals surface area contributed by atoms with Crippen molar-refractivity contribution < 1.29 is 18.7 Å². The summed E-state index contributed by atoms with van der Waals surface area (Å²) in [6, 6.07) is 1.63. The average Bonchev–Trinajstić information content (AvgIpc) is 2.13. The van der Waals surface area contributed by atoms with E-state index in [2.05, 4.69) is 0 Å². The van der Waals surface area contributed by atoms with Crippen LogP contribution < -0.4 is 5.73 Å². The molecule has 0 heterocycles. The largest absolute Gasteiger partial charge is 0.478 e. The number of aromatic carboxylic acids is 1. The third kappa shape index (κ3) is 1.57. The smallest absolute Gasteiger partial charge is 0.335 e. The Bertz CT molecular complexity index is 432. The lowest BCUT2D eigenvalue weighted by atomic mass is 9.72. The Kier molecular flexibility index (Phi) is 2.42. The molecule has 1 aromatic rings. The molecule has 16 heavy (non-hydrogen) atoms. The highest BCUT2D eigenvalue weighted by atomic mass is 19.1. The van der Waals surface area contributed by atoms with Gasteiger partial charge in [0.15, 0.2) is 0 Å². The first-order valence-electron chi connectivity index (χ1n) is 4.96. The van der Waals surface area contributed by atoms with Crippen molar-refractivity contribution >= 4 is 5.97 Å². The van der Waals surface area contributed by atoms with Crippen LogP contribution in [0.4, 0.5) is 8.78 Å². The lowest BCUT2D eigenvalue weighted by Crippen LogP contribution is -2.44. The Hall–Kier alpha value is -1.49. The van der Waals surface area contributed by atoms with E-state index in [0.717, 1.165) is 18.6 Å². The molecule has 0 aliphatic heterocycles. The molecule has 3 nitrogen and oxygen atoms in total. The number of rotatable bonds is 2. The maximum atomic E-state index is 13.6. The Morgan fingerprint density at radius 1 is 1.31 bits per heavy atom. The zero-order valence-corrected chi connectivity index (χ0v) is 8.46. The zero-order chi connectivity index (χ0) is 11.9. The van der Waals surface area contributed by atoms with E-state index in [1.807, 2.05) is 0 Å². The molecule has 1 aliphatic carbocycles. The summed E-state index contributed by atoms with van der Waals surface area (Å²) >= 11 is 0. The van der Waals surface area contributed by atoms with Crippen LogP contribution in [0.3, 0.4) is 0 Å². The first kappa shape index (κ1) is 11.0. The molecule has 0 spiro atoms. The molecule has 1 saturated carbocycles. The van der Waals surface area contributed by atoms with E-state index in [4.69, 9.17) is 10.8 Å². The number of nitrogens with two attached hydrogens (primary N) is 1. The van der Waals surface area contributed by atoms with Gasteiger partial charge in [-0.1, -0.05) is 0 Å². The summed E-state index contributed by atoms with van der Waals surface area (Å²) in [6.45, 7) is 0. The van der Waals surface area contributed by atoms with Crippen molar-refractivity contribution in [2.45, 2.75) is 24.8 Å². The van der Waals surface area contributed by atoms with Gasteiger partial charge < -0.3 is 10.8 Å². The molecule has 0 atom stereocenters. The van der Waals surface area contributed by atoms with Crippen molar-refractivity contribution in [2.75, 3.05) is 0 Å². The Morgan fingerprint density at radius 2 is 1.81 bits per heavy atom. The van der Waals surface area contributed by atoms with E-state index >= 15 is 0 Å². The monoisotopic (exact) mass is 227 g/mol. The van der Waals surface area contributed by atoms with Crippen LogP contribution in [0.15, 0.2) is 12.1 Å². The third-order valence-corrected chi connectivity index (χ3v) is 3.03. The van der Waals surface area contributed by atoms with Crippen LogP contribution in [-0.4, -0.2) is 11.1 Å². The van der Waals surface area contributed by atoms with E-state index in [9.17, 15) is 13.6 Å². The fourth-order valence-corrected chi connectivity index (χ4v) is 1.98. The average molecular weight is 227 g/mol. The molecule has 5 heteroatoms. The summed E-state index contributed by atoms with van der Waals surface area (Å²) in [5.41, 5.74) is 4.27. The van der Waals surface area contributed by atoms with Crippen molar-refractivity contribution in [3.63, 3.8) is 0 Å². The van der Waals surface area contributed by atoms with Crippen LogP contribution in [0.1, 0.15) is 35.2 Å². The maximum absolute atomic E-state index is 13.6. The van der Waals surface area contributed by atoms with Crippen molar-refractivity contribution in [2.24, 2.45) is 5.73 Å². The fourth-order valence-electron chi connectivity index (χ4n) is 1.98. The Morgan fingerprint density at radius 3 is 2.12 bits per heavy atom. The molecule has 0 unspecified atom stereocenters. The summed E-state index contributed by atoms with van der Waals surface area (Å²) in [5.74, 6) is -3.11. The van der Waals surface area contributed by atoms with Gasteiger partial charge >= 0.3 is 5.97 Å². The summed E-state index contributed by atoms with van der Waals surface area (Å²) in [5, 5.41) is 8.63. The molecule has 1 aliphatic rings. The minimum atomic E-state index is -1.36. The molecule has 1 aromatic carbocycles. The quantitative estimate of drug-likeness (QED) is 0.812. The van der Waals surface area contributed by atoms with E-state index in [-0.39, 0.29) is 5.56 Å². The van der Waals surface area contributed by atoms with Gasteiger partial charge in [0, 0.05) is 11.1 Å². The molecular weight excluding hydrogens is 216 g/mol. The highest BCUT2D eigenvalue weighted by molar-refractivity contribution is 5.87. The van der Waals surface area contributed by atoms with Crippen LogP contribution in [-0.2, 0) is 5.54 Å². The molecule has 86 valence electrons. The molecule has 0 aromatic heterocycles. The molecule has 1 fully saturated rings. The predicted octanol–water partition coefficient (Wildman–Crippen LogP) is 2.00. The van der Waals surface area contributed by atoms with Crippen LogP contribution in [0.5, 0.6) is 0 Å². The van der Waals surface area contributed by atoms with Crippen molar-refractivity contribution in [3.8, 4) is 0 Å². The van der Waals surface area contributed by atoms with Crippen LogP contribution >= 0.6 is 0 Å². The molecule has 0 amide bonds. The highest BCUT2D eigenvalue weighted by Crippen LogP contribution is 2.41. The molecule has 3 N–H and O–H groups in total. The van der Waals surface area contributed by atoms with Gasteiger partial charge in [0.1, 0.15) is 11.6 Å². The summed E-state index contributed by atoms with van der Waals surface area (Å²) < 4.78 is 27.2. The van der Waals surface area contributed by atoms with E-state index < -0.39 is 28.7 Å². The number of hydrogen-bond acceptors (Lipinski definition) is 2. The maximum Gasteiger partial charge on any atom is 0.335 e. The third-order valence-electron chi connectivity index (χ3n) is 3.03. The van der Waals surface area contributed by atoms with E-state index in [1.165, 1.54) is 0 Å². The van der Waals surface area contributed by atoms with Crippen LogP contribution in [0, 0.1) is 11.6 Å². The molecule has 2 rings (SSSR count). The second-order valence-electron chi connectivity index (χ2n) is 4.13. The van der Waals surface area contributed by atoms with Crippen molar-refractivity contribution in [1.29, 1.82) is 0 Å². The normalized spacial score (nSPS) is 17.9. The first-order valence-corrected chi connectivity index (χ1v) is 4.96. The SMILES string of the molecule is NC1(c2c(F)cc(C(=O)O)cc2F)CCC1. The number of benzene rings is 1. The van der Waals surface area contributed by atoms with Gasteiger partial charge in [-0.3, -0.25) is 0 Å². The highest BCUT2D eigenvalue weighted by Gasteiger charge is 2.39. The second-order valence-corrected chi connectivity index (χ2v) is 4.13. The van der Waals surface area contributed by atoms with Gasteiger partial charge in [0.25, 0.3) is 0 Å². The van der Waals surface area contributed by atoms with Crippen LogP contribution in [0.25, 0.3) is 0 Å². The number of halogens is 2. The number of carboxylic acids is 1. The van der Waals surface area contributed by atoms with E-state index in [0.29, 0.717) is 12.8 Å². The number of carbonyl (C=O) groups is 1.